The van der Waals surface area contributed by atoms with Crippen LogP contribution in [0, 0.1) is 0 Å². The molecule has 19 heavy (non-hydrogen) atoms. The van der Waals surface area contributed by atoms with E-state index < -0.39 is 0 Å². The molecule has 0 heterocycles. The van der Waals surface area contributed by atoms with E-state index in [4.69, 9.17) is 4.74 Å². The van der Waals surface area contributed by atoms with Gasteiger partial charge in [-0.2, -0.15) is 0 Å². The zero-order valence-corrected chi connectivity index (χ0v) is 13.1. The molecule has 0 aliphatic heterocycles. The lowest BCUT2D eigenvalue weighted by molar-refractivity contribution is 0.414. The molecule has 1 N–H and O–H groups in total. The molecule has 0 aliphatic rings. The van der Waals surface area contributed by atoms with Gasteiger partial charge in [0.05, 0.1) is 7.11 Å². The monoisotopic (exact) mass is 337 g/mol. The molecule has 0 unspecified atom stereocenters. The first-order valence-electron chi connectivity index (χ1n) is 6.04. The molecule has 2 aromatic rings. The smallest absolute Gasteiger partial charge is 0.118 e. The van der Waals surface area contributed by atoms with Gasteiger partial charge in [-0.15, -0.1) is 11.8 Å². The molecule has 2 nitrogen and oxygen atoms in total. The highest BCUT2D eigenvalue weighted by molar-refractivity contribution is 9.10. The molecule has 0 saturated heterocycles. The van der Waals surface area contributed by atoms with Crippen LogP contribution < -0.4 is 10.1 Å². The zero-order valence-electron chi connectivity index (χ0n) is 10.7. The van der Waals surface area contributed by atoms with Crippen LogP contribution in [0.1, 0.15) is 0 Å². The Hall–Kier alpha value is -1.13. The summed E-state index contributed by atoms with van der Waals surface area (Å²) in [5, 5.41) is 3.40. The fourth-order valence-electron chi connectivity index (χ4n) is 1.63. The molecule has 0 radical (unpaired) electrons. The summed E-state index contributed by atoms with van der Waals surface area (Å²) in [6, 6.07) is 16.4. The van der Waals surface area contributed by atoms with Crippen molar-refractivity contribution in [3.8, 4) is 5.75 Å². The van der Waals surface area contributed by atoms with Gasteiger partial charge >= 0.3 is 0 Å². The fraction of sp³-hybridized carbons (Fsp3) is 0.200. The van der Waals surface area contributed by atoms with Crippen molar-refractivity contribution < 1.29 is 4.74 Å². The lowest BCUT2D eigenvalue weighted by atomic mass is 10.3. The normalized spacial score (nSPS) is 10.2. The van der Waals surface area contributed by atoms with Crippen molar-refractivity contribution in [1.29, 1.82) is 0 Å². The van der Waals surface area contributed by atoms with E-state index in [2.05, 4.69) is 45.5 Å². The Kier molecular flexibility index (Phi) is 5.61. The zero-order chi connectivity index (χ0) is 13.5. The first kappa shape index (κ1) is 14.3. The maximum atomic E-state index is 5.14. The van der Waals surface area contributed by atoms with Gasteiger partial charge in [-0.25, -0.2) is 0 Å². The number of anilines is 1. The van der Waals surface area contributed by atoms with Gasteiger partial charge in [0.15, 0.2) is 0 Å². The third-order valence-corrected chi connectivity index (χ3v) is 4.09. The van der Waals surface area contributed by atoms with Crippen LogP contribution >= 0.6 is 27.7 Å². The number of thioether (sulfide) groups is 1. The topological polar surface area (TPSA) is 21.3 Å². The third kappa shape index (κ3) is 4.80. The summed E-state index contributed by atoms with van der Waals surface area (Å²) < 4.78 is 6.24. The molecule has 4 heteroatoms. The van der Waals surface area contributed by atoms with E-state index in [1.807, 2.05) is 36.0 Å². The summed E-state index contributed by atoms with van der Waals surface area (Å²) in [6.45, 7) is 0.938. The summed E-state index contributed by atoms with van der Waals surface area (Å²) in [7, 11) is 1.68. The molecule has 0 aromatic heterocycles. The first-order valence-corrected chi connectivity index (χ1v) is 7.82. The Morgan fingerprint density at radius 3 is 2.63 bits per heavy atom. The SMILES string of the molecule is COc1ccc(SCCNc2cccc(Br)c2)cc1. The minimum atomic E-state index is 0.900. The summed E-state index contributed by atoms with van der Waals surface area (Å²) in [5.41, 5.74) is 1.14. The van der Waals surface area contributed by atoms with Gasteiger partial charge in [-0.05, 0) is 42.5 Å². The number of benzene rings is 2. The number of ether oxygens (including phenoxy) is 1. The molecule has 0 atom stereocenters. The summed E-state index contributed by atoms with van der Waals surface area (Å²) in [5.74, 6) is 1.93. The highest BCUT2D eigenvalue weighted by Crippen LogP contribution is 2.21. The van der Waals surface area contributed by atoms with E-state index in [1.54, 1.807) is 7.11 Å². The Balaban J connectivity index is 1.74. The quantitative estimate of drug-likeness (QED) is 0.611. The Labute approximate surface area is 126 Å². The summed E-state index contributed by atoms with van der Waals surface area (Å²) >= 11 is 5.30. The van der Waals surface area contributed by atoms with Gasteiger partial charge in [0.2, 0.25) is 0 Å². The minimum Gasteiger partial charge on any atom is -0.497 e. The maximum Gasteiger partial charge on any atom is 0.118 e. The maximum absolute atomic E-state index is 5.14. The van der Waals surface area contributed by atoms with Gasteiger partial charge in [-0.1, -0.05) is 22.0 Å². The van der Waals surface area contributed by atoms with Crippen LogP contribution in [0.3, 0.4) is 0 Å². The third-order valence-electron chi connectivity index (χ3n) is 2.58. The lowest BCUT2D eigenvalue weighted by Gasteiger charge is -2.07. The molecular formula is C15H16BrNOS. The van der Waals surface area contributed by atoms with Crippen LogP contribution in [0.5, 0.6) is 5.75 Å². The van der Waals surface area contributed by atoms with Gasteiger partial charge in [0.1, 0.15) is 5.75 Å². The van der Waals surface area contributed by atoms with Gasteiger partial charge in [-0.3, -0.25) is 0 Å². The number of rotatable bonds is 6. The van der Waals surface area contributed by atoms with E-state index in [0.29, 0.717) is 0 Å². The molecule has 2 rings (SSSR count). The van der Waals surface area contributed by atoms with E-state index in [-0.39, 0.29) is 0 Å². The number of hydrogen-bond donors (Lipinski definition) is 1. The molecule has 0 fully saturated rings. The second kappa shape index (κ2) is 7.46. The number of nitrogens with one attached hydrogen (secondary N) is 1. The Morgan fingerprint density at radius 1 is 1.16 bits per heavy atom. The van der Waals surface area contributed by atoms with E-state index >= 15 is 0 Å². The van der Waals surface area contributed by atoms with Crippen LogP contribution in [0.25, 0.3) is 0 Å². The first-order chi connectivity index (χ1) is 9.28. The average Bonchev–Trinajstić information content (AvgIpc) is 2.44. The van der Waals surface area contributed by atoms with Crippen LogP contribution in [0.15, 0.2) is 57.9 Å². The standard InChI is InChI=1S/C15H16BrNOS/c1-18-14-5-7-15(8-6-14)19-10-9-17-13-4-2-3-12(16)11-13/h2-8,11,17H,9-10H2,1H3. The van der Waals surface area contributed by atoms with E-state index in [0.717, 1.165) is 28.2 Å². The predicted molar refractivity (Wildman–Crippen MR) is 86.3 cm³/mol. The number of hydrogen-bond acceptors (Lipinski definition) is 3. The molecule has 0 spiro atoms. The van der Waals surface area contributed by atoms with Gasteiger partial charge in [0, 0.05) is 27.4 Å². The molecule has 100 valence electrons. The van der Waals surface area contributed by atoms with Crippen molar-refractivity contribution >= 4 is 33.4 Å². The average molecular weight is 338 g/mol. The van der Waals surface area contributed by atoms with Gasteiger partial charge < -0.3 is 10.1 Å². The molecule has 0 bridgehead atoms. The summed E-state index contributed by atoms with van der Waals surface area (Å²) in [4.78, 5) is 1.26. The highest BCUT2D eigenvalue weighted by Gasteiger charge is 1.96. The second-order valence-electron chi connectivity index (χ2n) is 3.96. The van der Waals surface area contributed by atoms with Crippen LogP contribution in [-0.2, 0) is 0 Å². The minimum absolute atomic E-state index is 0.900. The van der Waals surface area contributed by atoms with Crippen LogP contribution in [-0.4, -0.2) is 19.4 Å². The predicted octanol–water partition coefficient (Wildman–Crippen LogP) is 4.66. The van der Waals surface area contributed by atoms with Crippen molar-refractivity contribution in [2.45, 2.75) is 4.90 Å². The molecule has 0 saturated carbocycles. The Morgan fingerprint density at radius 2 is 1.95 bits per heavy atom. The lowest BCUT2D eigenvalue weighted by Crippen LogP contribution is -2.03. The highest BCUT2D eigenvalue weighted by atomic mass is 79.9. The van der Waals surface area contributed by atoms with E-state index in [9.17, 15) is 0 Å². The number of methoxy groups -OCH3 is 1. The van der Waals surface area contributed by atoms with Crippen molar-refractivity contribution in [3.05, 3.63) is 53.0 Å². The molecule has 0 aliphatic carbocycles. The fourth-order valence-corrected chi connectivity index (χ4v) is 2.80. The second-order valence-corrected chi connectivity index (χ2v) is 6.05. The molecule has 2 aromatic carbocycles. The number of halogens is 1. The van der Waals surface area contributed by atoms with Crippen molar-refractivity contribution in [2.24, 2.45) is 0 Å². The van der Waals surface area contributed by atoms with Crippen molar-refractivity contribution in [2.75, 3.05) is 24.7 Å². The molecule has 0 amide bonds. The van der Waals surface area contributed by atoms with Crippen molar-refractivity contribution in [3.63, 3.8) is 0 Å². The largest absolute Gasteiger partial charge is 0.497 e. The Bertz CT molecular complexity index is 516. The van der Waals surface area contributed by atoms with E-state index in [1.165, 1.54) is 4.90 Å². The van der Waals surface area contributed by atoms with Crippen molar-refractivity contribution in [1.82, 2.24) is 0 Å². The van der Waals surface area contributed by atoms with Crippen LogP contribution in [0.2, 0.25) is 0 Å². The van der Waals surface area contributed by atoms with Crippen LogP contribution in [0.4, 0.5) is 5.69 Å². The summed E-state index contributed by atoms with van der Waals surface area (Å²) in [6.07, 6.45) is 0. The van der Waals surface area contributed by atoms with Gasteiger partial charge in [0.25, 0.3) is 0 Å². The molecular weight excluding hydrogens is 322 g/mol.